The molecule has 0 aliphatic carbocycles. The van der Waals surface area contributed by atoms with Crippen molar-refractivity contribution in [2.75, 3.05) is 0 Å². The van der Waals surface area contributed by atoms with Crippen LogP contribution in [0.2, 0.25) is 5.15 Å². The average Bonchev–Trinajstić information content (AvgIpc) is 2.24. The van der Waals surface area contributed by atoms with Crippen LogP contribution in [0.4, 0.5) is 4.39 Å². The largest absolute Gasteiger partial charge is 0.242 e. The highest BCUT2D eigenvalue weighted by Gasteiger charge is 2.08. The zero-order chi connectivity index (χ0) is 10.8. The molecule has 0 bridgehead atoms. The Morgan fingerprint density at radius 3 is 2.47 bits per heavy atom. The van der Waals surface area contributed by atoms with Gasteiger partial charge in [-0.05, 0) is 18.6 Å². The lowest BCUT2D eigenvalue weighted by Crippen LogP contribution is -1.88. The number of aromatic nitrogens is 1. The van der Waals surface area contributed by atoms with E-state index in [4.69, 9.17) is 11.6 Å². The molecule has 1 nitrogen and oxygen atoms in total. The van der Waals surface area contributed by atoms with E-state index in [1.54, 1.807) is 6.07 Å². The minimum absolute atomic E-state index is 0.0897. The number of halogens is 2. The van der Waals surface area contributed by atoms with Gasteiger partial charge in [0.15, 0.2) is 11.0 Å². The quantitative estimate of drug-likeness (QED) is 0.667. The first-order chi connectivity index (χ1) is 7.18. The van der Waals surface area contributed by atoms with E-state index in [2.05, 4.69) is 4.98 Å². The SMILES string of the molecule is Cc1ccc(-c2ccnc(Cl)c2F)cc1. The van der Waals surface area contributed by atoms with Crippen LogP contribution in [0.1, 0.15) is 5.56 Å². The lowest BCUT2D eigenvalue weighted by atomic mass is 10.1. The van der Waals surface area contributed by atoms with Gasteiger partial charge in [0.2, 0.25) is 0 Å². The fourth-order valence-electron chi connectivity index (χ4n) is 1.37. The zero-order valence-corrected chi connectivity index (χ0v) is 8.92. The second-order valence-electron chi connectivity index (χ2n) is 3.33. The van der Waals surface area contributed by atoms with E-state index in [0.717, 1.165) is 11.1 Å². The number of rotatable bonds is 1. The van der Waals surface area contributed by atoms with Gasteiger partial charge in [0.25, 0.3) is 0 Å². The van der Waals surface area contributed by atoms with Crippen LogP contribution in [0.5, 0.6) is 0 Å². The number of hydrogen-bond acceptors (Lipinski definition) is 1. The number of pyridine rings is 1. The predicted octanol–water partition coefficient (Wildman–Crippen LogP) is 3.85. The molecule has 76 valence electrons. The summed E-state index contributed by atoms with van der Waals surface area (Å²) in [5, 5.41) is -0.0897. The van der Waals surface area contributed by atoms with Crippen molar-refractivity contribution in [2.45, 2.75) is 6.92 Å². The molecule has 0 spiro atoms. The third kappa shape index (κ3) is 2.00. The van der Waals surface area contributed by atoms with Gasteiger partial charge in [-0.25, -0.2) is 9.37 Å². The Morgan fingerprint density at radius 1 is 1.13 bits per heavy atom. The Kier molecular flexibility index (Phi) is 2.69. The van der Waals surface area contributed by atoms with Crippen molar-refractivity contribution in [2.24, 2.45) is 0 Å². The molecule has 2 rings (SSSR count). The van der Waals surface area contributed by atoms with Crippen molar-refractivity contribution in [1.29, 1.82) is 0 Å². The number of hydrogen-bond donors (Lipinski definition) is 0. The Balaban J connectivity index is 2.54. The van der Waals surface area contributed by atoms with Gasteiger partial charge < -0.3 is 0 Å². The molecule has 0 aliphatic rings. The average molecular weight is 222 g/mol. The van der Waals surface area contributed by atoms with Crippen molar-refractivity contribution in [3.05, 3.63) is 53.1 Å². The molecular weight excluding hydrogens is 213 g/mol. The van der Waals surface area contributed by atoms with Crippen LogP contribution in [0.25, 0.3) is 11.1 Å². The van der Waals surface area contributed by atoms with Crippen LogP contribution in [0.3, 0.4) is 0 Å². The summed E-state index contributed by atoms with van der Waals surface area (Å²) < 4.78 is 13.6. The van der Waals surface area contributed by atoms with Gasteiger partial charge in [-0.15, -0.1) is 0 Å². The molecule has 0 N–H and O–H groups in total. The molecule has 0 saturated carbocycles. The van der Waals surface area contributed by atoms with Crippen molar-refractivity contribution in [3.63, 3.8) is 0 Å². The van der Waals surface area contributed by atoms with E-state index in [1.165, 1.54) is 6.20 Å². The van der Waals surface area contributed by atoms with Crippen LogP contribution in [0.15, 0.2) is 36.5 Å². The summed E-state index contributed by atoms with van der Waals surface area (Å²) in [6, 6.07) is 9.21. The minimum Gasteiger partial charge on any atom is -0.242 e. The van der Waals surface area contributed by atoms with Crippen LogP contribution in [0, 0.1) is 12.7 Å². The van der Waals surface area contributed by atoms with E-state index in [0.29, 0.717) is 5.56 Å². The summed E-state index contributed by atoms with van der Waals surface area (Å²) >= 11 is 5.61. The van der Waals surface area contributed by atoms with Gasteiger partial charge in [0, 0.05) is 11.8 Å². The van der Waals surface area contributed by atoms with E-state index in [9.17, 15) is 4.39 Å². The molecule has 1 heterocycles. The summed E-state index contributed by atoms with van der Waals surface area (Å²) in [4.78, 5) is 3.67. The first-order valence-corrected chi connectivity index (χ1v) is 4.93. The van der Waals surface area contributed by atoms with Crippen LogP contribution >= 0.6 is 11.6 Å². The van der Waals surface area contributed by atoms with Gasteiger partial charge in [0.1, 0.15) is 0 Å². The van der Waals surface area contributed by atoms with Gasteiger partial charge in [-0.1, -0.05) is 41.4 Å². The molecular formula is C12H9ClFN. The van der Waals surface area contributed by atoms with Gasteiger partial charge >= 0.3 is 0 Å². The highest BCUT2D eigenvalue weighted by molar-refractivity contribution is 6.29. The van der Waals surface area contributed by atoms with Crippen molar-refractivity contribution in [3.8, 4) is 11.1 Å². The van der Waals surface area contributed by atoms with Crippen LogP contribution in [-0.2, 0) is 0 Å². The summed E-state index contributed by atoms with van der Waals surface area (Å²) in [7, 11) is 0. The fraction of sp³-hybridized carbons (Fsp3) is 0.0833. The first-order valence-electron chi connectivity index (χ1n) is 4.55. The maximum atomic E-state index is 13.6. The van der Waals surface area contributed by atoms with Crippen molar-refractivity contribution >= 4 is 11.6 Å². The van der Waals surface area contributed by atoms with Gasteiger partial charge in [-0.3, -0.25) is 0 Å². The van der Waals surface area contributed by atoms with Crippen LogP contribution in [-0.4, -0.2) is 4.98 Å². The molecule has 1 aromatic carbocycles. The van der Waals surface area contributed by atoms with Crippen molar-refractivity contribution < 1.29 is 4.39 Å². The Hall–Kier alpha value is -1.41. The number of nitrogens with zero attached hydrogens (tertiary/aromatic N) is 1. The normalized spacial score (nSPS) is 10.3. The second-order valence-corrected chi connectivity index (χ2v) is 3.69. The van der Waals surface area contributed by atoms with Crippen LogP contribution < -0.4 is 0 Å². The molecule has 0 atom stereocenters. The molecule has 1 aromatic heterocycles. The summed E-state index contributed by atoms with van der Waals surface area (Å²) in [6.07, 6.45) is 1.50. The van der Waals surface area contributed by atoms with E-state index >= 15 is 0 Å². The minimum atomic E-state index is -0.469. The maximum absolute atomic E-state index is 13.6. The maximum Gasteiger partial charge on any atom is 0.168 e. The van der Waals surface area contributed by atoms with E-state index in [1.807, 2.05) is 31.2 Å². The number of aryl methyl sites for hydroxylation is 1. The molecule has 0 radical (unpaired) electrons. The number of benzene rings is 1. The highest BCUT2D eigenvalue weighted by atomic mass is 35.5. The lowest BCUT2D eigenvalue weighted by Gasteiger charge is -2.04. The molecule has 15 heavy (non-hydrogen) atoms. The highest BCUT2D eigenvalue weighted by Crippen LogP contribution is 2.25. The Bertz CT molecular complexity index is 479. The second kappa shape index (κ2) is 3.99. The molecule has 0 aliphatic heterocycles. The third-order valence-corrected chi connectivity index (χ3v) is 2.47. The first kappa shape index (κ1) is 10.1. The molecule has 0 fully saturated rings. The summed E-state index contributed by atoms with van der Waals surface area (Å²) in [6.45, 7) is 1.99. The Labute approximate surface area is 92.5 Å². The van der Waals surface area contributed by atoms with E-state index in [-0.39, 0.29) is 5.15 Å². The standard InChI is InChI=1S/C12H9ClFN/c1-8-2-4-9(5-3-8)10-6-7-15-12(13)11(10)14/h2-7H,1H3. The zero-order valence-electron chi connectivity index (χ0n) is 8.17. The predicted molar refractivity (Wildman–Crippen MR) is 59.4 cm³/mol. The molecule has 0 amide bonds. The summed E-state index contributed by atoms with van der Waals surface area (Å²) in [5.41, 5.74) is 2.43. The molecule has 0 saturated heterocycles. The van der Waals surface area contributed by atoms with Crippen molar-refractivity contribution in [1.82, 2.24) is 4.98 Å². The monoisotopic (exact) mass is 221 g/mol. The van der Waals surface area contributed by atoms with E-state index < -0.39 is 5.82 Å². The third-order valence-electron chi connectivity index (χ3n) is 2.21. The lowest BCUT2D eigenvalue weighted by molar-refractivity contribution is 0.625. The van der Waals surface area contributed by atoms with Gasteiger partial charge in [0.05, 0.1) is 0 Å². The fourth-order valence-corrected chi connectivity index (χ4v) is 1.53. The smallest absolute Gasteiger partial charge is 0.168 e. The Morgan fingerprint density at radius 2 is 1.80 bits per heavy atom. The topological polar surface area (TPSA) is 12.9 Å². The van der Waals surface area contributed by atoms with Gasteiger partial charge in [-0.2, -0.15) is 0 Å². The molecule has 2 aromatic rings. The molecule has 3 heteroatoms. The molecule has 0 unspecified atom stereocenters. The summed E-state index contributed by atoms with van der Waals surface area (Å²) in [5.74, 6) is -0.469.